The van der Waals surface area contributed by atoms with Crippen molar-refractivity contribution in [1.29, 1.82) is 0 Å². The van der Waals surface area contributed by atoms with Crippen molar-refractivity contribution in [3.8, 4) is 0 Å². The number of carbonyl (C=O) groups is 1. The number of pyridine rings is 1. The van der Waals surface area contributed by atoms with Crippen LogP contribution in [0.25, 0.3) is 11.0 Å². The summed E-state index contributed by atoms with van der Waals surface area (Å²) < 4.78 is 1.93. The quantitative estimate of drug-likeness (QED) is 0.452. The number of imidazole rings is 1. The minimum Gasteiger partial charge on any atom is -0.353 e. The molecule has 3 aromatic rings. The van der Waals surface area contributed by atoms with Gasteiger partial charge in [0.25, 0.3) is 0 Å². The summed E-state index contributed by atoms with van der Waals surface area (Å²) in [7, 11) is 0. The SMILES string of the molecule is CCC(CC)c1ccc(Cl)c2c1nc1n2C(C(=O)c2ccc(Cl)nc2)CN1. The number of ketones is 1. The lowest BCUT2D eigenvalue weighted by Gasteiger charge is -2.16. The molecule has 1 aliphatic rings. The molecular weight excluding hydrogens is 383 g/mol. The normalized spacial score (nSPS) is 16.0. The van der Waals surface area contributed by atoms with Crippen LogP contribution in [-0.2, 0) is 0 Å². The van der Waals surface area contributed by atoms with Crippen molar-refractivity contribution in [2.75, 3.05) is 11.9 Å². The molecule has 140 valence electrons. The van der Waals surface area contributed by atoms with Gasteiger partial charge in [-0.05, 0) is 42.5 Å². The predicted octanol–water partition coefficient (Wildman–Crippen LogP) is 5.49. The first-order valence-electron chi connectivity index (χ1n) is 9.15. The Kier molecular flexibility index (Phi) is 4.82. The molecule has 4 rings (SSSR count). The summed E-state index contributed by atoms with van der Waals surface area (Å²) in [4.78, 5) is 21.9. The van der Waals surface area contributed by atoms with Crippen molar-refractivity contribution in [3.05, 3.63) is 51.8 Å². The zero-order chi connectivity index (χ0) is 19.1. The van der Waals surface area contributed by atoms with Gasteiger partial charge in [0.15, 0.2) is 5.78 Å². The smallest absolute Gasteiger partial charge is 0.204 e. The van der Waals surface area contributed by atoms with E-state index in [0.717, 1.165) is 23.9 Å². The van der Waals surface area contributed by atoms with Crippen LogP contribution in [0.2, 0.25) is 10.2 Å². The highest BCUT2D eigenvalue weighted by Crippen LogP contribution is 2.39. The summed E-state index contributed by atoms with van der Waals surface area (Å²) in [5.41, 5.74) is 3.40. The number of hydrogen-bond acceptors (Lipinski definition) is 4. The Morgan fingerprint density at radius 1 is 1.26 bits per heavy atom. The fraction of sp³-hybridized carbons (Fsp3) is 0.350. The zero-order valence-electron chi connectivity index (χ0n) is 15.2. The highest BCUT2D eigenvalue weighted by atomic mass is 35.5. The third-order valence-electron chi connectivity index (χ3n) is 5.33. The van der Waals surface area contributed by atoms with Gasteiger partial charge in [0.05, 0.1) is 16.1 Å². The number of nitrogens with one attached hydrogen (secondary N) is 1. The Morgan fingerprint density at radius 3 is 2.70 bits per heavy atom. The monoisotopic (exact) mass is 402 g/mol. The minimum atomic E-state index is -0.414. The van der Waals surface area contributed by atoms with Crippen LogP contribution in [0.3, 0.4) is 0 Å². The molecular formula is C20H20Cl2N4O. The summed E-state index contributed by atoms with van der Waals surface area (Å²) in [6, 6.07) is 6.89. The fourth-order valence-corrected chi connectivity index (χ4v) is 4.23. The summed E-state index contributed by atoms with van der Waals surface area (Å²) in [5, 5.41) is 4.23. The molecule has 0 fully saturated rings. The first-order chi connectivity index (χ1) is 13.0. The van der Waals surface area contributed by atoms with Gasteiger partial charge in [0.2, 0.25) is 5.95 Å². The van der Waals surface area contributed by atoms with Crippen molar-refractivity contribution in [3.63, 3.8) is 0 Å². The summed E-state index contributed by atoms with van der Waals surface area (Å²) in [5.74, 6) is 1.06. The van der Waals surface area contributed by atoms with E-state index in [2.05, 4.69) is 30.2 Å². The van der Waals surface area contributed by atoms with Crippen molar-refractivity contribution in [1.82, 2.24) is 14.5 Å². The first kappa shape index (κ1) is 18.3. The third kappa shape index (κ3) is 2.99. The van der Waals surface area contributed by atoms with Crippen molar-refractivity contribution >= 4 is 46.0 Å². The number of halogens is 2. The summed E-state index contributed by atoms with van der Waals surface area (Å²) in [6.45, 7) is 4.83. The summed E-state index contributed by atoms with van der Waals surface area (Å²) >= 11 is 12.4. The molecule has 1 unspecified atom stereocenters. The van der Waals surface area contributed by atoms with E-state index in [1.165, 1.54) is 11.8 Å². The maximum absolute atomic E-state index is 13.1. The maximum atomic E-state index is 13.1. The lowest BCUT2D eigenvalue weighted by Crippen LogP contribution is -2.20. The Hall–Kier alpha value is -2.11. The molecule has 3 heterocycles. The molecule has 2 aromatic heterocycles. The molecule has 1 atom stereocenters. The number of benzene rings is 1. The molecule has 1 aliphatic heterocycles. The topological polar surface area (TPSA) is 59.8 Å². The number of anilines is 1. The van der Waals surface area contributed by atoms with Crippen molar-refractivity contribution in [2.24, 2.45) is 0 Å². The Labute approximate surface area is 167 Å². The van der Waals surface area contributed by atoms with Crippen LogP contribution < -0.4 is 5.32 Å². The van der Waals surface area contributed by atoms with E-state index in [1.54, 1.807) is 12.1 Å². The molecule has 5 nitrogen and oxygen atoms in total. The molecule has 0 amide bonds. The van der Waals surface area contributed by atoms with E-state index in [4.69, 9.17) is 28.2 Å². The number of nitrogens with zero attached hydrogens (tertiary/aromatic N) is 3. The number of aromatic nitrogens is 3. The highest BCUT2D eigenvalue weighted by molar-refractivity contribution is 6.35. The highest BCUT2D eigenvalue weighted by Gasteiger charge is 2.33. The lowest BCUT2D eigenvalue weighted by atomic mass is 9.93. The molecule has 1 N–H and O–H groups in total. The van der Waals surface area contributed by atoms with Crippen LogP contribution in [0.4, 0.5) is 5.95 Å². The van der Waals surface area contributed by atoms with E-state index >= 15 is 0 Å². The van der Waals surface area contributed by atoms with Crippen LogP contribution in [0.15, 0.2) is 30.5 Å². The summed E-state index contributed by atoms with van der Waals surface area (Å²) in [6.07, 6.45) is 3.57. The number of carbonyl (C=O) groups excluding carboxylic acids is 1. The molecule has 0 saturated carbocycles. The molecule has 0 aliphatic carbocycles. The van der Waals surface area contributed by atoms with E-state index in [0.29, 0.717) is 34.2 Å². The third-order valence-corrected chi connectivity index (χ3v) is 5.85. The Balaban J connectivity index is 1.84. The van der Waals surface area contributed by atoms with Gasteiger partial charge < -0.3 is 5.32 Å². The second-order valence-electron chi connectivity index (χ2n) is 6.78. The van der Waals surface area contributed by atoms with E-state index in [1.807, 2.05) is 10.6 Å². The molecule has 0 bridgehead atoms. The molecule has 0 saturated heterocycles. The molecule has 0 radical (unpaired) electrons. The Bertz CT molecular complexity index is 1010. The average molecular weight is 403 g/mol. The van der Waals surface area contributed by atoms with Gasteiger partial charge in [0, 0.05) is 18.3 Å². The van der Waals surface area contributed by atoms with Gasteiger partial charge >= 0.3 is 0 Å². The van der Waals surface area contributed by atoms with E-state index in [9.17, 15) is 4.79 Å². The van der Waals surface area contributed by atoms with Crippen LogP contribution in [-0.4, -0.2) is 26.9 Å². The number of Topliss-reactive ketones (excluding diaryl/α,β-unsaturated/α-hetero) is 1. The first-order valence-corrected chi connectivity index (χ1v) is 9.90. The minimum absolute atomic E-state index is 0.0336. The molecule has 1 aromatic carbocycles. The van der Waals surface area contributed by atoms with Crippen LogP contribution in [0.5, 0.6) is 0 Å². The maximum Gasteiger partial charge on any atom is 0.204 e. The van der Waals surface area contributed by atoms with Gasteiger partial charge in [-0.25, -0.2) is 9.97 Å². The van der Waals surface area contributed by atoms with E-state index < -0.39 is 6.04 Å². The largest absolute Gasteiger partial charge is 0.353 e. The van der Waals surface area contributed by atoms with Crippen LogP contribution in [0.1, 0.15) is 54.6 Å². The predicted molar refractivity (Wildman–Crippen MR) is 109 cm³/mol. The van der Waals surface area contributed by atoms with E-state index in [-0.39, 0.29) is 5.78 Å². The standard InChI is InChI=1S/C20H20Cl2N4O/c1-3-11(4-2)13-6-7-14(21)18-17(13)25-20-24-10-15(26(18)20)19(27)12-5-8-16(22)23-9-12/h5-9,11,15H,3-4,10H2,1-2H3,(H,24,25). The number of hydrogen-bond donors (Lipinski definition) is 1. The van der Waals surface area contributed by atoms with Gasteiger partial charge in [-0.1, -0.05) is 43.1 Å². The number of rotatable bonds is 5. The zero-order valence-corrected chi connectivity index (χ0v) is 16.7. The van der Waals surface area contributed by atoms with Gasteiger partial charge in [-0.15, -0.1) is 0 Å². The molecule has 27 heavy (non-hydrogen) atoms. The molecule has 0 spiro atoms. The van der Waals surface area contributed by atoms with Gasteiger partial charge in [-0.3, -0.25) is 9.36 Å². The fourth-order valence-electron chi connectivity index (χ4n) is 3.87. The second-order valence-corrected chi connectivity index (χ2v) is 7.58. The van der Waals surface area contributed by atoms with Crippen LogP contribution >= 0.6 is 23.2 Å². The molecule has 7 heteroatoms. The van der Waals surface area contributed by atoms with Gasteiger partial charge in [0.1, 0.15) is 11.2 Å². The van der Waals surface area contributed by atoms with Gasteiger partial charge in [-0.2, -0.15) is 0 Å². The van der Waals surface area contributed by atoms with Crippen molar-refractivity contribution < 1.29 is 4.79 Å². The Morgan fingerprint density at radius 2 is 2.04 bits per heavy atom. The van der Waals surface area contributed by atoms with Crippen LogP contribution in [0, 0.1) is 0 Å². The average Bonchev–Trinajstić information content (AvgIpc) is 3.24. The lowest BCUT2D eigenvalue weighted by molar-refractivity contribution is 0.0940. The number of fused-ring (bicyclic) bond motifs is 3. The second kappa shape index (κ2) is 7.13. The van der Waals surface area contributed by atoms with Crippen molar-refractivity contribution in [2.45, 2.75) is 38.6 Å².